The SMILES string of the molecule is CC1(C)CCCC(N2CCCNC(C)(C)C2)C1. The Morgan fingerprint density at radius 1 is 1.12 bits per heavy atom. The van der Waals surface area contributed by atoms with Crippen molar-refractivity contribution < 1.29 is 0 Å². The predicted octanol–water partition coefficient (Wildman–Crippen LogP) is 3.03. The molecule has 0 aromatic rings. The van der Waals surface area contributed by atoms with Gasteiger partial charge >= 0.3 is 0 Å². The summed E-state index contributed by atoms with van der Waals surface area (Å²) in [6.07, 6.45) is 6.95. The summed E-state index contributed by atoms with van der Waals surface area (Å²) in [5.74, 6) is 0. The fraction of sp³-hybridized carbons (Fsp3) is 1.00. The smallest absolute Gasteiger partial charge is 0.0252 e. The minimum Gasteiger partial charge on any atom is -0.310 e. The minimum atomic E-state index is 0.290. The fourth-order valence-electron chi connectivity index (χ4n) is 3.63. The second-order valence-electron chi connectivity index (χ2n) is 7.55. The molecule has 1 aliphatic carbocycles. The maximum absolute atomic E-state index is 3.67. The molecule has 2 heteroatoms. The Hall–Kier alpha value is -0.0800. The molecule has 2 fully saturated rings. The number of nitrogens with one attached hydrogen (secondary N) is 1. The maximum Gasteiger partial charge on any atom is 0.0252 e. The van der Waals surface area contributed by atoms with Gasteiger partial charge in [-0.3, -0.25) is 4.90 Å². The van der Waals surface area contributed by atoms with E-state index >= 15 is 0 Å². The molecule has 1 aliphatic heterocycles. The van der Waals surface area contributed by atoms with Gasteiger partial charge in [-0.2, -0.15) is 0 Å². The van der Waals surface area contributed by atoms with E-state index in [0.29, 0.717) is 5.41 Å². The minimum absolute atomic E-state index is 0.290. The Labute approximate surface area is 107 Å². The first-order chi connectivity index (χ1) is 7.88. The van der Waals surface area contributed by atoms with E-state index in [1.165, 1.54) is 51.7 Å². The Kier molecular flexibility index (Phi) is 3.84. The highest BCUT2D eigenvalue weighted by Crippen LogP contribution is 2.37. The Morgan fingerprint density at radius 3 is 2.59 bits per heavy atom. The van der Waals surface area contributed by atoms with Gasteiger partial charge in [0.05, 0.1) is 0 Å². The van der Waals surface area contributed by atoms with Gasteiger partial charge in [-0.1, -0.05) is 20.3 Å². The molecule has 1 saturated heterocycles. The molecule has 1 atom stereocenters. The van der Waals surface area contributed by atoms with Crippen LogP contribution < -0.4 is 5.32 Å². The third kappa shape index (κ3) is 3.69. The summed E-state index contributed by atoms with van der Waals surface area (Å²) >= 11 is 0. The fourth-order valence-corrected chi connectivity index (χ4v) is 3.63. The van der Waals surface area contributed by atoms with Crippen LogP contribution in [-0.2, 0) is 0 Å². The molecule has 17 heavy (non-hydrogen) atoms. The van der Waals surface area contributed by atoms with Crippen molar-refractivity contribution in [3.05, 3.63) is 0 Å². The number of rotatable bonds is 1. The molecular weight excluding hydrogens is 208 g/mol. The van der Waals surface area contributed by atoms with Crippen molar-refractivity contribution in [1.82, 2.24) is 10.2 Å². The van der Waals surface area contributed by atoms with Crippen LogP contribution in [0.3, 0.4) is 0 Å². The molecule has 2 nitrogen and oxygen atoms in total. The molecule has 1 unspecified atom stereocenters. The van der Waals surface area contributed by atoms with Crippen LogP contribution in [0.25, 0.3) is 0 Å². The highest BCUT2D eigenvalue weighted by molar-refractivity contribution is 4.91. The Morgan fingerprint density at radius 2 is 1.88 bits per heavy atom. The average Bonchev–Trinajstić information content (AvgIpc) is 2.37. The molecule has 1 heterocycles. The second-order valence-corrected chi connectivity index (χ2v) is 7.55. The quantitative estimate of drug-likeness (QED) is 0.755. The van der Waals surface area contributed by atoms with E-state index in [2.05, 4.69) is 37.9 Å². The summed E-state index contributed by atoms with van der Waals surface area (Å²) in [6, 6.07) is 0.831. The molecule has 100 valence electrons. The highest BCUT2D eigenvalue weighted by Gasteiger charge is 2.34. The molecule has 0 aromatic carbocycles. The summed E-state index contributed by atoms with van der Waals surface area (Å²) in [6.45, 7) is 13.3. The van der Waals surface area contributed by atoms with Gasteiger partial charge in [0.1, 0.15) is 0 Å². The van der Waals surface area contributed by atoms with Crippen LogP contribution in [0.2, 0.25) is 0 Å². The van der Waals surface area contributed by atoms with Gasteiger partial charge in [0.15, 0.2) is 0 Å². The van der Waals surface area contributed by atoms with E-state index in [0.717, 1.165) is 6.04 Å². The van der Waals surface area contributed by atoms with Crippen LogP contribution in [-0.4, -0.2) is 36.1 Å². The number of hydrogen-bond acceptors (Lipinski definition) is 2. The lowest BCUT2D eigenvalue weighted by atomic mass is 9.74. The van der Waals surface area contributed by atoms with Crippen LogP contribution in [0.1, 0.15) is 59.8 Å². The van der Waals surface area contributed by atoms with Crippen molar-refractivity contribution in [3.8, 4) is 0 Å². The zero-order valence-corrected chi connectivity index (χ0v) is 12.2. The molecular formula is C15H30N2. The lowest BCUT2D eigenvalue weighted by molar-refractivity contribution is 0.0836. The van der Waals surface area contributed by atoms with Gasteiger partial charge in [0, 0.05) is 18.1 Å². The van der Waals surface area contributed by atoms with Crippen molar-refractivity contribution in [2.45, 2.75) is 71.4 Å². The lowest BCUT2D eigenvalue weighted by Crippen LogP contribution is -2.50. The van der Waals surface area contributed by atoms with Crippen LogP contribution in [0.4, 0.5) is 0 Å². The van der Waals surface area contributed by atoms with Crippen molar-refractivity contribution in [2.75, 3.05) is 19.6 Å². The first-order valence-electron chi connectivity index (χ1n) is 7.37. The van der Waals surface area contributed by atoms with Crippen LogP contribution in [0.15, 0.2) is 0 Å². The molecule has 0 amide bonds. The summed E-state index contributed by atoms with van der Waals surface area (Å²) in [5, 5.41) is 3.67. The molecule has 0 spiro atoms. The molecule has 1 saturated carbocycles. The normalized spacial score (nSPS) is 34.2. The predicted molar refractivity (Wildman–Crippen MR) is 74.3 cm³/mol. The van der Waals surface area contributed by atoms with E-state index in [4.69, 9.17) is 0 Å². The van der Waals surface area contributed by atoms with Gasteiger partial charge in [0.25, 0.3) is 0 Å². The lowest BCUT2D eigenvalue weighted by Gasteiger charge is -2.43. The third-order valence-electron chi connectivity index (χ3n) is 4.52. The topological polar surface area (TPSA) is 15.3 Å². The molecule has 0 radical (unpaired) electrons. The van der Waals surface area contributed by atoms with Crippen molar-refractivity contribution in [2.24, 2.45) is 5.41 Å². The van der Waals surface area contributed by atoms with Crippen molar-refractivity contribution >= 4 is 0 Å². The maximum atomic E-state index is 3.67. The molecule has 2 aliphatic rings. The van der Waals surface area contributed by atoms with Gasteiger partial charge in [-0.15, -0.1) is 0 Å². The average molecular weight is 238 g/mol. The van der Waals surface area contributed by atoms with Gasteiger partial charge in [-0.05, 0) is 58.0 Å². The standard InChI is InChI=1S/C15H30N2/c1-14(2)8-5-7-13(11-14)17-10-6-9-16-15(3,4)12-17/h13,16H,5-12H2,1-4H3. The summed E-state index contributed by atoms with van der Waals surface area (Å²) in [7, 11) is 0. The summed E-state index contributed by atoms with van der Waals surface area (Å²) in [5.41, 5.74) is 0.852. The Balaban J connectivity index is 2.00. The first kappa shape index (κ1) is 13.4. The molecule has 1 N–H and O–H groups in total. The third-order valence-corrected chi connectivity index (χ3v) is 4.52. The summed E-state index contributed by atoms with van der Waals surface area (Å²) < 4.78 is 0. The zero-order valence-electron chi connectivity index (χ0n) is 12.2. The van der Waals surface area contributed by atoms with E-state index in [1.807, 2.05) is 0 Å². The van der Waals surface area contributed by atoms with Crippen LogP contribution in [0.5, 0.6) is 0 Å². The highest BCUT2D eigenvalue weighted by atomic mass is 15.2. The van der Waals surface area contributed by atoms with E-state index in [-0.39, 0.29) is 5.54 Å². The van der Waals surface area contributed by atoms with E-state index in [9.17, 15) is 0 Å². The van der Waals surface area contributed by atoms with Crippen LogP contribution >= 0.6 is 0 Å². The molecule has 0 aromatic heterocycles. The largest absolute Gasteiger partial charge is 0.310 e. The van der Waals surface area contributed by atoms with Crippen LogP contribution in [0, 0.1) is 5.41 Å². The van der Waals surface area contributed by atoms with E-state index in [1.54, 1.807) is 0 Å². The number of nitrogens with zero attached hydrogens (tertiary/aromatic N) is 1. The zero-order chi connectivity index (χ0) is 12.5. The Bertz CT molecular complexity index is 258. The molecule has 0 bridgehead atoms. The van der Waals surface area contributed by atoms with Gasteiger partial charge < -0.3 is 5.32 Å². The van der Waals surface area contributed by atoms with Crippen molar-refractivity contribution in [1.29, 1.82) is 0 Å². The van der Waals surface area contributed by atoms with Crippen molar-refractivity contribution in [3.63, 3.8) is 0 Å². The molecule has 2 rings (SSSR count). The summed E-state index contributed by atoms with van der Waals surface area (Å²) in [4.78, 5) is 2.76. The first-order valence-corrected chi connectivity index (χ1v) is 7.37. The number of hydrogen-bond donors (Lipinski definition) is 1. The van der Waals surface area contributed by atoms with E-state index < -0.39 is 0 Å². The second kappa shape index (κ2) is 4.89. The van der Waals surface area contributed by atoms with Gasteiger partial charge in [-0.25, -0.2) is 0 Å². The monoisotopic (exact) mass is 238 g/mol. The van der Waals surface area contributed by atoms with Gasteiger partial charge in [0.2, 0.25) is 0 Å².